The molecule has 82 valence electrons. The number of aliphatic hydroxyl groups is 2. The molecule has 0 rings (SSSR count). The Morgan fingerprint density at radius 3 is 1.50 bits per heavy atom. The van der Waals surface area contributed by atoms with Crippen molar-refractivity contribution >= 4 is 11.8 Å². The highest BCUT2D eigenvalue weighted by Gasteiger charge is 2.29. The minimum atomic E-state index is -1.72. The molecule has 2 atom stereocenters. The molecule has 0 spiro atoms. The van der Waals surface area contributed by atoms with E-state index in [1.807, 2.05) is 0 Å². The van der Waals surface area contributed by atoms with Gasteiger partial charge in [-0.3, -0.25) is 9.59 Å². The first-order chi connectivity index (χ1) is 6.54. The molecule has 0 aromatic heterocycles. The van der Waals surface area contributed by atoms with Crippen LogP contribution >= 0.6 is 0 Å². The van der Waals surface area contributed by atoms with E-state index >= 15 is 0 Å². The third kappa shape index (κ3) is 3.71. The van der Waals surface area contributed by atoms with Gasteiger partial charge in [-0.1, -0.05) is 0 Å². The van der Waals surface area contributed by atoms with E-state index in [1.54, 1.807) is 13.8 Å². The molecule has 0 aromatic carbocycles. The second-order valence-corrected chi connectivity index (χ2v) is 2.68. The summed E-state index contributed by atoms with van der Waals surface area (Å²) in [6.45, 7) is 4.00. The summed E-state index contributed by atoms with van der Waals surface area (Å²) >= 11 is 0. The van der Waals surface area contributed by atoms with Crippen molar-refractivity contribution in [1.82, 2.24) is 10.6 Å². The van der Waals surface area contributed by atoms with Crippen LogP contribution in [0.3, 0.4) is 0 Å². The molecule has 0 heterocycles. The van der Waals surface area contributed by atoms with Crippen molar-refractivity contribution in [2.24, 2.45) is 0 Å². The number of amides is 2. The molecule has 0 saturated heterocycles. The predicted molar refractivity (Wildman–Crippen MR) is 49.4 cm³/mol. The number of carbonyl (C=O) groups excluding carboxylic acids is 2. The summed E-state index contributed by atoms with van der Waals surface area (Å²) in [6, 6.07) is 0. The van der Waals surface area contributed by atoms with Crippen molar-refractivity contribution in [2.75, 3.05) is 13.1 Å². The van der Waals surface area contributed by atoms with Gasteiger partial charge in [0.1, 0.15) is 0 Å². The van der Waals surface area contributed by atoms with Crippen LogP contribution in [-0.4, -0.2) is 47.3 Å². The van der Waals surface area contributed by atoms with E-state index in [0.29, 0.717) is 13.1 Å². The zero-order valence-corrected chi connectivity index (χ0v) is 8.28. The molecule has 0 bridgehead atoms. The Bertz CT molecular complexity index is 186. The Labute approximate surface area is 82.3 Å². The maximum absolute atomic E-state index is 11.0. The summed E-state index contributed by atoms with van der Waals surface area (Å²) < 4.78 is 0. The van der Waals surface area contributed by atoms with Gasteiger partial charge in [0.15, 0.2) is 12.2 Å². The molecular formula is C8H16N2O4. The number of rotatable bonds is 5. The largest absolute Gasteiger partial charge is 0.380 e. The van der Waals surface area contributed by atoms with E-state index < -0.39 is 24.0 Å². The average molecular weight is 204 g/mol. The fraction of sp³-hybridized carbons (Fsp3) is 0.750. The summed E-state index contributed by atoms with van der Waals surface area (Å²) in [5.74, 6) is -1.52. The van der Waals surface area contributed by atoms with Crippen LogP contribution in [0, 0.1) is 0 Å². The SMILES string of the molecule is CCNC(=O)[C@@H](O)[C@H](O)C(=O)NCC. The number of hydrogen-bond donors (Lipinski definition) is 4. The minimum absolute atomic E-state index is 0.331. The highest BCUT2D eigenvalue weighted by Crippen LogP contribution is 1.93. The van der Waals surface area contributed by atoms with Crippen molar-refractivity contribution in [3.05, 3.63) is 0 Å². The average Bonchev–Trinajstić information content (AvgIpc) is 2.16. The van der Waals surface area contributed by atoms with Gasteiger partial charge in [-0.15, -0.1) is 0 Å². The van der Waals surface area contributed by atoms with Gasteiger partial charge in [0.05, 0.1) is 0 Å². The Kier molecular flexibility index (Phi) is 5.82. The van der Waals surface area contributed by atoms with Gasteiger partial charge in [0.25, 0.3) is 11.8 Å². The first-order valence-corrected chi connectivity index (χ1v) is 4.46. The Hall–Kier alpha value is -1.14. The molecule has 4 N–H and O–H groups in total. The summed E-state index contributed by atoms with van der Waals surface area (Å²) in [4.78, 5) is 22.0. The number of carbonyl (C=O) groups is 2. The maximum atomic E-state index is 11.0. The number of likely N-dealkylation sites (N-methyl/N-ethyl adjacent to an activating group) is 2. The van der Waals surface area contributed by atoms with Crippen LogP contribution in [-0.2, 0) is 9.59 Å². The minimum Gasteiger partial charge on any atom is -0.380 e. The molecule has 14 heavy (non-hydrogen) atoms. The zero-order chi connectivity index (χ0) is 11.1. The van der Waals surface area contributed by atoms with Crippen molar-refractivity contribution in [1.29, 1.82) is 0 Å². The Morgan fingerprint density at radius 2 is 1.29 bits per heavy atom. The summed E-state index contributed by atoms with van der Waals surface area (Å²) in [7, 11) is 0. The van der Waals surface area contributed by atoms with E-state index in [9.17, 15) is 19.8 Å². The summed E-state index contributed by atoms with van der Waals surface area (Å²) in [5, 5.41) is 23.0. The molecule has 0 unspecified atom stereocenters. The molecule has 2 amide bonds. The molecule has 0 aliphatic carbocycles. The van der Waals surface area contributed by atoms with Gasteiger partial charge in [-0.05, 0) is 13.8 Å². The second kappa shape index (κ2) is 6.33. The van der Waals surface area contributed by atoms with Gasteiger partial charge in [-0.2, -0.15) is 0 Å². The van der Waals surface area contributed by atoms with Crippen LogP contribution in [0.1, 0.15) is 13.8 Å². The van der Waals surface area contributed by atoms with Crippen molar-refractivity contribution in [3.8, 4) is 0 Å². The van der Waals surface area contributed by atoms with Gasteiger partial charge >= 0.3 is 0 Å². The van der Waals surface area contributed by atoms with Gasteiger partial charge in [-0.25, -0.2) is 0 Å². The highest BCUT2D eigenvalue weighted by molar-refractivity contribution is 5.90. The van der Waals surface area contributed by atoms with Crippen LogP contribution in [0.4, 0.5) is 0 Å². The molecular weight excluding hydrogens is 188 g/mol. The molecule has 0 radical (unpaired) electrons. The topological polar surface area (TPSA) is 98.7 Å². The second-order valence-electron chi connectivity index (χ2n) is 2.68. The third-order valence-corrected chi connectivity index (χ3v) is 1.54. The molecule has 6 nitrogen and oxygen atoms in total. The van der Waals surface area contributed by atoms with Crippen LogP contribution in [0.5, 0.6) is 0 Å². The molecule has 6 heteroatoms. The maximum Gasteiger partial charge on any atom is 0.252 e. The lowest BCUT2D eigenvalue weighted by atomic mass is 10.2. The van der Waals surface area contributed by atoms with E-state index in [1.165, 1.54) is 0 Å². The number of nitrogens with one attached hydrogen (secondary N) is 2. The lowest BCUT2D eigenvalue weighted by molar-refractivity contribution is -0.145. The van der Waals surface area contributed by atoms with Gasteiger partial charge < -0.3 is 20.8 Å². The van der Waals surface area contributed by atoms with Gasteiger partial charge in [0, 0.05) is 13.1 Å². The Morgan fingerprint density at radius 1 is 1.00 bits per heavy atom. The third-order valence-electron chi connectivity index (χ3n) is 1.54. The zero-order valence-electron chi connectivity index (χ0n) is 8.28. The molecule has 0 aromatic rings. The van der Waals surface area contributed by atoms with Crippen molar-refractivity contribution < 1.29 is 19.8 Å². The lowest BCUT2D eigenvalue weighted by Gasteiger charge is -2.15. The van der Waals surface area contributed by atoms with Crippen molar-refractivity contribution in [3.63, 3.8) is 0 Å². The van der Waals surface area contributed by atoms with E-state index in [0.717, 1.165) is 0 Å². The predicted octanol–water partition coefficient (Wildman–Crippen LogP) is -2.02. The quantitative estimate of drug-likeness (QED) is 0.415. The molecule has 0 aliphatic heterocycles. The van der Waals surface area contributed by atoms with Crippen LogP contribution in [0.2, 0.25) is 0 Å². The highest BCUT2D eigenvalue weighted by atomic mass is 16.3. The molecule has 0 fully saturated rings. The summed E-state index contributed by atoms with van der Waals surface area (Å²) in [5.41, 5.74) is 0. The molecule has 0 saturated carbocycles. The summed E-state index contributed by atoms with van der Waals surface area (Å²) in [6.07, 6.45) is -3.44. The van der Waals surface area contributed by atoms with E-state index in [4.69, 9.17) is 0 Å². The normalized spacial score (nSPS) is 14.3. The van der Waals surface area contributed by atoms with Gasteiger partial charge in [0.2, 0.25) is 0 Å². The monoisotopic (exact) mass is 204 g/mol. The van der Waals surface area contributed by atoms with E-state index in [2.05, 4.69) is 10.6 Å². The van der Waals surface area contributed by atoms with Crippen LogP contribution < -0.4 is 10.6 Å². The first-order valence-electron chi connectivity index (χ1n) is 4.46. The number of hydrogen-bond acceptors (Lipinski definition) is 4. The standard InChI is InChI=1S/C8H16N2O4/c1-3-9-7(13)5(11)6(12)8(14)10-4-2/h5-6,11-12H,3-4H2,1-2H3,(H,9,13)(H,10,14)/t5-,6-/m0/s1. The first kappa shape index (κ1) is 12.9. The number of aliphatic hydroxyl groups excluding tert-OH is 2. The van der Waals surface area contributed by atoms with E-state index in [-0.39, 0.29) is 0 Å². The van der Waals surface area contributed by atoms with Crippen LogP contribution in [0.25, 0.3) is 0 Å². The fourth-order valence-corrected chi connectivity index (χ4v) is 0.844. The molecule has 0 aliphatic rings. The smallest absolute Gasteiger partial charge is 0.252 e. The lowest BCUT2D eigenvalue weighted by Crippen LogP contribution is -2.49. The van der Waals surface area contributed by atoms with Crippen LogP contribution in [0.15, 0.2) is 0 Å². The fourth-order valence-electron chi connectivity index (χ4n) is 0.844. The Balaban J connectivity index is 4.16. The van der Waals surface area contributed by atoms with Crippen molar-refractivity contribution in [2.45, 2.75) is 26.1 Å².